The van der Waals surface area contributed by atoms with Crippen LogP contribution < -0.4 is 5.73 Å². The molecule has 1 atom stereocenters. The van der Waals surface area contributed by atoms with Crippen molar-refractivity contribution >= 4 is 38.6 Å². The summed E-state index contributed by atoms with van der Waals surface area (Å²) in [7, 11) is 0. The fourth-order valence-corrected chi connectivity index (χ4v) is 3.38. The first-order chi connectivity index (χ1) is 6.29. The van der Waals surface area contributed by atoms with Gasteiger partial charge in [-0.1, -0.05) is 0 Å². The Morgan fingerprint density at radius 2 is 2.31 bits per heavy atom. The molecule has 0 radical (unpaired) electrons. The highest BCUT2D eigenvalue weighted by Gasteiger charge is 2.14. The smallest absolute Gasteiger partial charge is 0.0794 e. The van der Waals surface area contributed by atoms with Crippen molar-refractivity contribution < 1.29 is 0 Å². The molecule has 0 fully saturated rings. The second kappa shape index (κ2) is 3.88. The average molecular weight is 275 g/mol. The molecule has 0 saturated carbocycles. The summed E-state index contributed by atoms with van der Waals surface area (Å²) in [4.78, 5) is 6.27. The Morgan fingerprint density at radius 1 is 1.46 bits per heavy atom. The van der Waals surface area contributed by atoms with E-state index in [1.807, 2.05) is 17.6 Å². The first-order valence-electron chi connectivity index (χ1n) is 3.66. The highest BCUT2D eigenvalue weighted by molar-refractivity contribution is 9.10. The van der Waals surface area contributed by atoms with Crippen LogP contribution in [-0.2, 0) is 0 Å². The van der Waals surface area contributed by atoms with Gasteiger partial charge in [0.25, 0.3) is 0 Å². The maximum Gasteiger partial charge on any atom is 0.0794 e. The van der Waals surface area contributed by atoms with E-state index in [0.717, 1.165) is 14.2 Å². The number of thiophene rings is 1. The molecule has 2 nitrogen and oxygen atoms in total. The van der Waals surface area contributed by atoms with Crippen molar-refractivity contribution in [3.63, 3.8) is 0 Å². The molecule has 2 aromatic heterocycles. The van der Waals surface area contributed by atoms with E-state index in [9.17, 15) is 0 Å². The van der Waals surface area contributed by atoms with E-state index < -0.39 is 0 Å². The largest absolute Gasteiger partial charge is 0.319 e. The van der Waals surface area contributed by atoms with Crippen LogP contribution in [0.2, 0.25) is 0 Å². The number of hydrogen-bond donors (Lipinski definition) is 1. The van der Waals surface area contributed by atoms with Gasteiger partial charge in [0.05, 0.1) is 11.6 Å². The van der Waals surface area contributed by atoms with Crippen LogP contribution in [0.5, 0.6) is 0 Å². The van der Waals surface area contributed by atoms with Gasteiger partial charge in [-0.05, 0) is 27.4 Å². The predicted molar refractivity (Wildman–Crippen MR) is 60.2 cm³/mol. The molecular weight excluding hydrogens is 268 g/mol. The van der Waals surface area contributed by atoms with E-state index in [1.54, 1.807) is 28.2 Å². The van der Waals surface area contributed by atoms with E-state index in [4.69, 9.17) is 5.73 Å². The summed E-state index contributed by atoms with van der Waals surface area (Å²) in [6.45, 7) is 0. The number of halogens is 1. The van der Waals surface area contributed by atoms with Crippen LogP contribution in [0.4, 0.5) is 0 Å². The number of nitrogens with two attached hydrogens (primary N) is 1. The Kier molecular flexibility index (Phi) is 2.78. The quantitative estimate of drug-likeness (QED) is 0.915. The highest BCUT2D eigenvalue weighted by atomic mass is 79.9. The molecule has 1 unspecified atom stereocenters. The summed E-state index contributed by atoms with van der Waals surface area (Å²) in [5, 5.41) is 2.03. The molecule has 0 bridgehead atoms. The molecule has 2 N–H and O–H groups in total. The Balaban J connectivity index is 2.33. The molecule has 0 amide bonds. The minimum absolute atomic E-state index is 0.0399. The number of nitrogens with zero attached hydrogens (tertiary/aromatic N) is 1. The molecule has 0 aromatic carbocycles. The van der Waals surface area contributed by atoms with Gasteiger partial charge in [-0.2, -0.15) is 0 Å². The van der Waals surface area contributed by atoms with Crippen molar-refractivity contribution in [1.82, 2.24) is 4.98 Å². The lowest BCUT2D eigenvalue weighted by molar-refractivity contribution is 0.908. The molecule has 0 aliphatic carbocycles. The lowest BCUT2D eigenvalue weighted by Gasteiger charge is -2.06. The zero-order valence-corrected chi connectivity index (χ0v) is 9.82. The summed E-state index contributed by atoms with van der Waals surface area (Å²) in [5.74, 6) is 0. The second-order valence-corrected chi connectivity index (χ2v) is 5.23. The summed E-state index contributed by atoms with van der Waals surface area (Å²) >= 11 is 6.72. The topological polar surface area (TPSA) is 38.9 Å². The molecule has 2 aromatic rings. The van der Waals surface area contributed by atoms with Crippen molar-refractivity contribution in [2.75, 3.05) is 0 Å². The molecule has 68 valence electrons. The first kappa shape index (κ1) is 9.33. The molecule has 5 heteroatoms. The van der Waals surface area contributed by atoms with Crippen molar-refractivity contribution in [2.24, 2.45) is 5.73 Å². The molecule has 0 spiro atoms. The Bertz CT molecular complexity index is 383. The SMILES string of the molecule is NC(c1cncs1)c1sccc1Br. The molecular formula is C8H7BrN2S2. The van der Waals surface area contributed by atoms with E-state index in [-0.39, 0.29) is 6.04 Å². The molecule has 2 rings (SSSR count). The highest BCUT2D eigenvalue weighted by Crippen LogP contribution is 2.32. The maximum absolute atomic E-state index is 6.06. The van der Waals surface area contributed by atoms with Crippen molar-refractivity contribution in [3.8, 4) is 0 Å². The maximum atomic E-state index is 6.06. The van der Waals surface area contributed by atoms with Gasteiger partial charge in [0, 0.05) is 20.4 Å². The van der Waals surface area contributed by atoms with E-state index in [0.29, 0.717) is 0 Å². The third-order valence-electron chi connectivity index (χ3n) is 1.69. The van der Waals surface area contributed by atoms with Gasteiger partial charge in [0.15, 0.2) is 0 Å². The summed E-state index contributed by atoms with van der Waals surface area (Å²) in [5.41, 5.74) is 7.86. The van der Waals surface area contributed by atoms with Crippen LogP contribution in [0, 0.1) is 0 Å². The minimum atomic E-state index is -0.0399. The van der Waals surface area contributed by atoms with E-state index in [2.05, 4.69) is 20.9 Å². The lowest BCUT2D eigenvalue weighted by Crippen LogP contribution is -2.08. The zero-order valence-electron chi connectivity index (χ0n) is 6.61. The number of thiazole rings is 1. The Labute approximate surface area is 92.6 Å². The van der Waals surface area contributed by atoms with Crippen LogP contribution in [-0.4, -0.2) is 4.98 Å². The standard InChI is InChI=1S/C8H7BrN2S2/c9-5-1-2-12-8(5)7(10)6-3-11-4-13-6/h1-4,7H,10H2. The monoisotopic (exact) mass is 274 g/mol. The van der Waals surface area contributed by atoms with Gasteiger partial charge in [-0.15, -0.1) is 22.7 Å². The predicted octanol–water partition coefficient (Wildman–Crippen LogP) is 3.02. The second-order valence-electron chi connectivity index (χ2n) is 2.51. The van der Waals surface area contributed by atoms with Crippen molar-refractivity contribution in [3.05, 3.63) is 37.4 Å². The van der Waals surface area contributed by atoms with Crippen LogP contribution in [0.1, 0.15) is 15.8 Å². The normalized spacial score (nSPS) is 13.1. The van der Waals surface area contributed by atoms with E-state index >= 15 is 0 Å². The molecule has 0 aliphatic rings. The minimum Gasteiger partial charge on any atom is -0.319 e. The van der Waals surface area contributed by atoms with Crippen molar-refractivity contribution in [2.45, 2.75) is 6.04 Å². The van der Waals surface area contributed by atoms with Gasteiger partial charge in [-0.3, -0.25) is 4.98 Å². The first-order valence-corrected chi connectivity index (χ1v) is 6.21. The van der Waals surface area contributed by atoms with Crippen molar-refractivity contribution in [1.29, 1.82) is 0 Å². The van der Waals surface area contributed by atoms with Crippen LogP contribution in [0.3, 0.4) is 0 Å². The summed E-state index contributed by atoms with van der Waals surface area (Å²) in [6.07, 6.45) is 1.82. The third kappa shape index (κ3) is 1.83. The molecule has 13 heavy (non-hydrogen) atoms. The third-order valence-corrected chi connectivity index (χ3v) is 4.50. The fourth-order valence-electron chi connectivity index (χ4n) is 1.04. The lowest BCUT2D eigenvalue weighted by atomic mass is 10.2. The average Bonchev–Trinajstić information content (AvgIpc) is 2.72. The van der Waals surface area contributed by atoms with Gasteiger partial charge in [0.2, 0.25) is 0 Å². The number of aromatic nitrogens is 1. The Morgan fingerprint density at radius 3 is 2.85 bits per heavy atom. The van der Waals surface area contributed by atoms with Gasteiger partial charge in [-0.25, -0.2) is 0 Å². The number of rotatable bonds is 2. The van der Waals surface area contributed by atoms with Crippen LogP contribution >= 0.6 is 38.6 Å². The summed E-state index contributed by atoms with van der Waals surface area (Å²) in [6, 6.07) is 1.97. The van der Waals surface area contributed by atoms with E-state index in [1.165, 1.54) is 0 Å². The fraction of sp³-hybridized carbons (Fsp3) is 0.125. The van der Waals surface area contributed by atoms with Gasteiger partial charge in [0.1, 0.15) is 0 Å². The van der Waals surface area contributed by atoms with Crippen LogP contribution in [0.15, 0.2) is 27.6 Å². The Hall–Kier alpha value is -0.230. The van der Waals surface area contributed by atoms with Crippen LogP contribution in [0.25, 0.3) is 0 Å². The van der Waals surface area contributed by atoms with Gasteiger partial charge >= 0.3 is 0 Å². The summed E-state index contributed by atoms with van der Waals surface area (Å²) < 4.78 is 1.08. The molecule has 0 saturated heterocycles. The molecule has 0 aliphatic heterocycles. The molecule has 2 heterocycles. The number of hydrogen-bond acceptors (Lipinski definition) is 4. The van der Waals surface area contributed by atoms with Gasteiger partial charge < -0.3 is 5.73 Å². The zero-order chi connectivity index (χ0) is 9.26.